The molecule has 0 saturated heterocycles. The third kappa shape index (κ3) is 2.86. The van der Waals surface area contributed by atoms with Crippen LogP contribution >= 0.6 is 0 Å². The second-order valence-corrected chi connectivity index (χ2v) is 7.69. The Kier molecular flexibility index (Phi) is 3.80. The van der Waals surface area contributed by atoms with Crippen molar-refractivity contribution in [3.63, 3.8) is 0 Å². The summed E-state index contributed by atoms with van der Waals surface area (Å²) in [6.07, 6.45) is 1.86. The smallest absolute Gasteiger partial charge is 0.156 e. The van der Waals surface area contributed by atoms with Gasteiger partial charge >= 0.3 is 0 Å². The van der Waals surface area contributed by atoms with Gasteiger partial charge in [0.15, 0.2) is 9.84 Å². The molecule has 0 fully saturated rings. The lowest BCUT2D eigenvalue weighted by Crippen LogP contribution is -2.32. The highest BCUT2D eigenvalue weighted by Gasteiger charge is 2.28. The lowest BCUT2D eigenvalue weighted by atomic mass is 10.3. The third-order valence-corrected chi connectivity index (χ3v) is 5.25. The van der Waals surface area contributed by atoms with Crippen LogP contribution in [0, 0.1) is 0 Å². The number of rotatable bonds is 4. The molecule has 16 heavy (non-hydrogen) atoms. The molecule has 5 heteroatoms. The Morgan fingerprint density at radius 3 is 2.50 bits per heavy atom. The van der Waals surface area contributed by atoms with Crippen LogP contribution in [0.15, 0.2) is 18.3 Å². The molecule has 0 amide bonds. The fourth-order valence-electron chi connectivity index (χ4n) is 1.38. The number of nitrogens with two attached hydrogens (primary N) is 1. The van der Waals surface area contributed by atoms with Crippen molar-refractivity contribution in [3.05, 3.63) is 24.0 Å². The van der Waals surface area contributed by atoms with Crippen LogP contribution in [0.1, 0.15) is 26.5 Å². The Morgan fingerprint density at radius 1 is 1.38 bits per heavy atom. The van der Waals surface area contributed by atoms with Gasteiger partial charge in [-0.3, -0.25) is 0 Å². The highest BCUT2D eigenvalue weighted by Crippen LogP contribution is 2.16. The average molecular weight is 244 g/mol. The highest BCUT2D eigenvalue weighted by molar-refractivity contribution is 7.92. The van der Waals surface area contributed by atoms with E-state index in [1.165, 1.54) is 0 Å². The second-order valence-electron chi connectivity index (χ2n) is 4.83. The van der Waals surface area contributed by atoms with Crippen molar-refractivity contribution in [2.75, 3.05) is 5.75 Å². The van der Waals surface area contributed by atoms with Crippen molar-refractivity contribution >= 4 is 9.84 Å². The fourth-order valence-corrected chi connectivity index (χ4v) is 2.43. The minimum atomic E-state index is -3.06. The Balaban J connectivity index is 2.73. The van der Waals surface area contributed by atoms with Gasteiger partial charge in [0.05, 0.1) is 10.5 Å². The van der Waals surface area contributed by atoms with Gasteiger partial charge in [0, 0.05) is 25.0 Å². The Morgan fingerprint density at radius 2 is 2.00 bits per heavy atom. The maximum atomic E-state index is 11.9. The van der Waals surface area contributed by atoms with Crippen LogP contribution in [-0.4, -0.2) is 23.5 Å². The Labute approximate surface area is 97.4 Å². The van der Waals surface area contributed by atoms with E-state index in [4.69, 9.17) is 5.73 Å². The van der Waals surface area contributed by atoms with Crippen molar-refractivity contribution in [1.82, 2.24) is 4.57 Å². The van der Waals surface area contributed by atoms with Crippen LogP contribution in [0.2, 0.25) is 0 Å². The number of hydrogen-bond acceptors (Lipinski definition) is 3. The zero-order chi connectivity index (χ0) is 12.4. The third-order valence-electron chi connectivity index (χ3n) is 2.67. The van der Waals surface area contributed by atoms with Crippen LogP contribution in [0.25, 0.3) is 0 Å². The van der Waals surface area contributed by atoms with Crippen LogP contribution in [-0.2, 0) is 22.9 Å². The minimum absolute atomic E-state index is 0.151. The first-order valence-corrected chi connectivity index (χ1v) is 6.99. The van der Waals surface area contributed by atoms with Crippen molar-refractivity contribution in [2.24, 2.45) is 5.73 Å². The minimum Gasteiger partial charge on any atom is -0.349 e. The molecular weight excluding hydrogens is 224 g/mol. The van der Waals surface area contributed by atoms with E-state index in [-0.39, 0.29) is 5.75 Å². The summed E-state index contributed by atoms with van der Waals surface area (Å²) in [5.74, 6) is 0.151. The molecule has 0 aliphatic rings. The van der Waals surface area contributed by atoms with Crippen molar-refractivity contribution in [1.29, 1.82) is 0 Å². The lowest BCUT2D eigenvalue weighted by molar-refractivity contribution is 0.552. The topological polar surface area (TPSA) is 65.1 Å². The SMILES string of the molecule is CC(C)(C)S(=O)(=O)CCn1cccc1CN. The monoisotopic (exact) mass is 244 g/mol. The molecule has 0 saturated carbocycles. The van der Waals surface area contributed by atoms with Gasteiger partial charge in [-0.25, -0.2) is 8.42 Å². The van der Waals surface area contributed by atoms with Crippen molar-refractivity contribution in [3.8, 4) is 0 Å². The first-order chi connectivity index (χ1) is 7.28. The van der Waals surface area contributed by atoms with Crippen LogP contribution in [0.3, 0.4) is 0 Å². The molecule has 4 nitrogen and oxygen atoms in total. The standard InChI is InChI=1S/C11H20N2O2S/c1-11(2,3)16(14,15)8-7-13-6-4-5-10(13)9-12/h4-6H,7-9,12H2,1-3H3. The molecule has 1 aromatic heterocycles. The van der Waals surface area contributed by atoms with Gasteiger partial charge in [0.1, 0.15) is 0 Å². The molecule has 0 atom stereocenters. The molecule has 1 heterocycles. The largest absolute Gasteiger partial charge is 0.349 e. The van der Waals surface area contributed by atoms with Gasteiger partial charge in [-0.2, -0.15) is 0 Å². The highest BCUT2D eigenvalue weighted by atomic mass is 32.2. The molecule has 1 rings (SSSR count). The van der Waals surface area contributed by atoms with Gasteiger partial charge < -0.3 is 10.3 Å². The molecule has 0 aliphatic carbocycles. The molecular formula is C11H20N2O2S. The summed E-state index contributed by atoms with van der Waals surface area (Å²) in [4.78, 5) is 0. The number of sulfone groups is 1. The van der Waals surface area contributed by atoms with E-state index in [1.54, 1.807) is 20.8 Å². The second kappa shape index (κ2) is 4.59. The summed E-state index contributed by atoms with van der Waals surface area (Å²) in [5, 5.41) is 0. The van der Waals surface area contributed by atoms with Crippen molar-refractivity contribution < 1.29 is 8.42 Å². The summed E-state index contributed by atoms with van der Waals surface area (Å²) in [6, 6.07) is 3.79. The van der Waals surface area contributed by atoms with E-state index >= 15 is 0 Å². The number of aryl methyl sites for hydroxylation is 1. The normalized spacial score (nSPS) is 13.0. The predicted molar refractivity (Wildman–Crippen MR) is 65.9 cm³/mol. The zero-order valence-electron chi connectivity index (χ0n) is 10.1. The Hall–Kier alpha value is -0.810. The number of nitrogens with zero attached hydrogens (tertiary/aromatic N) is 1. The van der Waals surface area contributed by atoms with E-state index < -0.39 is 14.6 Å². The molecule has 0 bridgehead atoms. The van der Waals surface area contributed by atoms with Gasteiger partial charge in [-0.05, 0) is 32.9 Å². The lowest BCUT2D eigenvalue weighted by Gasteiger charge is -2.19. The summed E-state index contributed by atoms with van der Waals surface area (Å²) in [5.41, 5.74) is 6.51. The van der Waals surface area contributed by atoms with E-state index in [2.05, 4.69) is 0 Å². The number of hydrogen-bond donors (Lipinski definition) is 1. The summed E-state index contributed by atoms with van der Waals surface area (Å²) < 4.78 is 25.0. The average Bonchev–Trinajstić information content (AvgIpc) is 2.60. The van der Waals surface area contributed by atoms with Gasteiger partial charge in [-0.1, -0.05) is 0 Å². The quantitative estimate of drug-likeness (QED) is 0.864. The first-order valence-electron chi connectivity index (χ1n) is 5.34. The van der Waals surface area contributed by atoms with Crippen molar-refractivity contribution in [2.45, 2.75) is 38.6 Å². The molecule has 0 aromatic carbocycles. The van der Waals surface area contributed by atoms with E-state index in [1.807, 2.05) is 22.9 Å². The summed E-state index contributed by atoms with van der Waals surface area (Å²) in [7, 11) is -3.06. The molecule has 0 radical (unpaired) electrons. The number of aromatic nitrogens is 1. The summed E-state index contributed by atoms with van der Waals surface area (Å²) in [6.45, 7) is 6.08. The predicted octanol–water partition coefficient (Wildman–Crippen LogP) is 1.16. The molecule has 2 N–H and O–H groups in total. The summed E-state index contributed by atoms with van der Waals surface area (Å²) >= 11 is 0. The zero-order valence-corrected chi connectivity index (χ0v) is 10.9. The van der Waals surface area contributed by atoms with Gasteiger partial charge in [0.2, 0.25) is 0 Å². The van der Waals surface area contributed by atoms with Crippen LogP contribution in [0.4, 0.5) is 0 Å². The first kappa shape index (κ1) is 13.3. The van der Waals surface area contributed by atoms with Crippen LogP contribution < -0.4 is 5.73 Å². The Bertz CT molecular complexity index is 441. The maximum Gasteiger partial charge on any atom is 0.156 e. The maximum absolute atomic E-state index is 11.9. The molecule has 92 valence electrons. The molecule has 0 aliphatic heterocycles. The van der Waals surface area contributed by atoms with Crippen LogP contribution in [0.5, 0.6) is 0 Å². The van der Waals surface area contributed by atoms with E-state index in [0.717, 1.165) is 5.69 Å². The fraction of sp³-hybridized carbons (Fsp3) is 0.636. The molecule has 0 spiro atoms. The van der Waals surface area contributed by atoms with Gasteiger partial charge in [-0.15, -0.1) is 0 Å². The molecule has 0 unspecified atom stereocenters. The van der Waals surface area contributed by atoms with Gasteiger partial charge in [0.25, 0.3) is 0 Å². The van der Waals surface area contributed by atoms with E-state index in [9.17, 15) is 8.42 Å². The van der Waals surface area contributed by atoms with E-state index in [0.29, 0.717) is 13.1 Å². The molecule has 1 aromatic rings.